The molecule has 1 atom stereocenters. The first-order valence-corrected chi connectivity index (χ1v) is 8.88. The van der Waals surface area contributed by atoms with Crippen molar-refractivity contribution in [3.05, 3.63) is 65.7 Å². The number of piperidine rings is 1. The van der Waals surface area contributed by atoms with Gasteiger partial charge in [-0.25, -0.2) is 0 Å². The van der Waals surface area contributed by atoms with Crippen molar-refractivity contribution < 1.29 is 19.5 Å². The number of hydrogen-bond donors (Lipinski definition) is 2. The van der Waals surface area contributed by atoms with Crippen molar-refractivity contribution in [3.63, 3.8) is 0 Å². The van der Waals surface area contributed by atoms with E-state index >= 15 is 0 Å². The molecule has 1 fully saturated rings. The number of hydrogen-bond acceptors (Lipinski definition) is 3. The quantitative estimate of drug-likeness (QED) is 0.869. The largest absolute Gasteiger partial charge is 0.481 e. The van der Waals surface area contributed by atoms with Crippen LogP contribution in [0.2, 0.25) is 0 Å². The molecule has 27 heavy (non-hydrogen) atoms. The molecule has 0 radical (unpaired) electrons. The molecule has 6 nitrogen and oxygen atoms in total. The molecule has 1 saturated heterocycles. The minimum Gasteiger partial charge on any atom is -0.481 e. The van der Waals surface area contributed by atoms with Crippen LogP contribution in [0.3, 0.4) is 0 Å². The van der Waals surface area contributed by atoms with Gasteiger partial charge in [-0.2, -0.15) is 0 Å². The van der Waals surface area contributed by atoms with Crippen molar-refractivity contribution in [1.29, 1.82) is 0 Å². The zero-order valence-electron chi connectivity index (χ0n) is 15.1. The van der Waals surface area contributed by atoms with Gasteiger partial charge in [-0.05, 0) is 56.2 Å². The van der Waals surface area contributed by atoms with Gasteiger partial charge in [0, 0.05) is 29.9 Å². The maximum Gasteiger partial charge on any atom is 0.311 e. The van der Waals surface area contributed by atoms with Gasteiger partial charge in [0.1, 0.15) is 0 Å². The standard InChI is InChI=1S/C21H22N2O4/c1-21(20(26)27)12-5-13-23(14-21)19(25)16-8-10-17(11-9-16)22-18(24)15-6-3-2-4-7-15/h2-4,6-11H,5,12-14H2,1H3,(H,22,24)(H,26,27). The lowest BCUT2D eigenvalue weighted by Gasteiger charge is -2.37. The van der Waals surface area contributed by atoms with E-state index in [9.17, 15) is 19.5 Å². The van der Waals surface area contributed by atoms with E-state index in [0.29, 0.717) is 36.2 Å². The van der Waals surface area contributed by atoms with Crippen LogP contribution in [0.15, 0.2) is 54.6 Å². The molecule has 0 saturated carbocycles. The Labute approximate surface area is 157 Å². The number of anilines is 1. The van der Waals surface area contributed by atoms with Gasteiger partial charge in [0.25, 0.3) is 11.8 Å². The Bertz CT molecular complexity index is 848. The number of nitrogens with zero attached hydrogens (tertiary/aromatic N) is 1. The van der Waals surface area contributed by atoms with E-state index in [-0.39, 0.29) is 18.4 Å². The van der Waals surface area contributed by atoms with Crippen LogP contribution in [0.5, 0.6) is 0 Å². The van der Waals surface area contributed by atoms with Crippen LogP contribution >= 0.6 is 0 Å². The van der Waals surface area contributed by atoms with Crippen LogP contribution in [0.4, 0.5) is 5.69 Å². The predicted molar refractivity (Wildman–Crippen MR) is 102 cm³/mol. The first kappa shape index (κ1) is 18.6. The maximum absolute atomic E-state index is 12.7. The van der Waals surface area contributed by atoms with Crippen LogP contribution in [-0.2, 0) is 4.79 Å². The number of carbonyl (C=O) groups excluding carboxylic acids is 2. The number of nitrogens with one attached hydrogen (secondary N) is 1. The van der Waals surface area contributed by atoms with E-state index in [0.717, 1.165) is 0 Å². The summed E-state index contributed by atoms with van der Waals surface area (Å²) < 4.78 is 0. The Morgan fingerprint density at radius 1 is 1.00 bits per heavy atom. The molecular weight excluding hydrogens is 344 g/mol. The topological polar surface area (TPSA) is 86.7 Å². The Hall–Kier alpha value is -3.15. The number of amides is 2. The molecule has 6 heteroatoms. The third-order valence-electron chi connectivity index (χ3n) is 4.93. The average molecular weight is 366 g/mol. The normalized spacial score (nSPS) is 19.4. The van der Waals surface area contributed by atoms with E-state index < -0.39 is 11.4 Å². The highest BCUT2D eigenvalue weighted by Gasteiger charge is 2.39. The highest BCUT2D eigenvalue weighted by Crippen LogP contribution is 2.30. The second-order valence-electron chi connectivity index (χ2n) is 7.09. The molecule has 2 N–H and O–H groups in total. The highest BCUT2D eigenvalue weighted by atomic mass is 16.4. The Morgan fingerprint density at radius 2 is 1.67 bits per heavy atom. The van der Waals surface area contributed by atoms with Gasteiger partial charge in [0.05, 0.1) is 5.41 Å². The summed E-state index contributed by atoms with van der Waals surface area (Å²) in [4.78, 5) is 37.9. The molecular formula is C21H22N2O4. The van der Waals surface area contributed by atoms with Crippen LogP contribution in [0.1, 0.15) is 40.5 Å². The minimum atomic E-state index is -0.905. The predicted octanol–water partition coefficient (Wildman–Crippen LogP) is 3.27. The summed E-state index contributed by atoms with van der Waals surface area (Å²) >= 11 is 0. The number of aliphatic carboxylic acids is 1. The van der Waals surface area contributed by atoms with Crippen molar-refractivity contribution in [2.24, 2.45) is 5.41 Å². The monoisotopic (exact) mass is 366 g/mol. The van der Waals surface area contributed by atoms with Gasteiger partial charge < -0.3 is 15.3 Å². The van der Waals surface area contributed by atoms with E-state index in [2.05, 4.69) is 5.32 Å². The van der Waals surface area contributed by atoms with Crippen LogP contribution in [-0.4, -0.2) is 40.9 Å². The SMILES string of the molecule is CC1(C(=O)O)CCCN(C(=O)c2ccc(NC(=O)c3ccccc3)cc2)C1. The van der Waals surface area contributed by atoms with Gasteiger partial charge >= 0.3 is 5.97 Å². The molecule has 0 bridgehead atoms. The molecule has 0 aliphatic carbocycles. The van der Waals surface area contributed by atoms with Crippen LogP contribution in [0.25, 0.3) is 0 Å². The lowest BCUT2D eigenvalue weighted by Crippen LogP contribution is -2.48. The summed E-state index contributed by atoms with van der Waals surface area (Å²) in [5, 5.41) is 12.2. The second kappa shape index (κ2) is 7.61. The fourth-order valence-electron chi connectivity index (χ4n) is 3.26. The van der Waals surface area contributed by atoms with Gasteiger partial charge in [0.2, 0.25) is 0 Å². The lowest BCUT2D eigenvalue weighted by atomic mass is 9.82. The molecule has 0 spiro atoms. The van der Waals surface area contributed by atoms with Gasteiger partial charge in [-0.1, -0.05) is 18.2 Å². The third-order valence-corrected chi connectivity index (χ3v) is 4.93. The van der Waals surface area contributed by atoms with Gasteiger partial charge in [-0.15, -0.1) is 0 Å². The van der Waals surface area contributed by atoms with Gasteiger partial charge in [0.15, 0.2) is 0 Å². The molecule has 140 valence electrons. The molecule has 1 aliphatic rings. The van der Waals surface area contributed by atoms with Crippen molar-refractivity contribution in [3.8, 4) is 0 Å². The number of benzene rings is 2. The highest BCUT2D eigenvalue weighted by molar-refractivity contribution is 6.04. The summed E-state index contributed by atoms with van der Waals surface area (Å²) in [5.41, 5.74) is 0.716. The zero-order chi connectivity index (χ0) is 19.4. The fraction of sp³-hybridized carbons (Fsp3) is 0.286. The van der Waals surface area contributed by atoms with Crippen LogP contribution < -0.4 is 5.32 Å². The second-order valence-corrected chi connectivity index (χ2v) is 7.09. The summed E-state index contributed by atoms with van der Waals surface area (Å²) in [7, 11) is 0. The lowest BCUT2D eigenvalue weighted by molar-refractivity contribution is -0.150. The van der Waals surface area contributed by atoms with Crippen molar-refractivity contribution in [1.82, 2.24) is 4.90 Å². The van der Waals surface area contributed by atoms with Crippen molar-refractivity contribution >= 4 is 23.5 Å². The summed E-state index contributed by atoms with van der Waals surface area (Å²) in [6.07, 6.45) is 1.23. The molecule has 0 aromatic heterocycles. The van der Waals surface area contributed by atoms with E-state index in [1.807, 2.05) is 6.07 Å². The minimum absolute atomic E-state index is 0.192. The molecule has 1 heterocycles. The van der Waals surface area contributed by atoms with E-state index in [1.54, 1.807) is 60.4 Å². The number of carbonyl (C=O) groups is 3. The van der Waals surface area contributed by atoms with Crippen molar-refractivity contribution in [2.75, 3.05) is 18.4 Å². The molecule has 1 aliphatic heterocycles. The number of likely N-dealkylation sites (tertiary alicyclic amines) is 1. The third kappa shape index (κ3) is 4.16. The molecule has 1 unspecified atom stereocenters. The molecule has 2 aromatic carbocycles. The van der Waals surface area contributed by atoms with E-state index in [4.69, 9.17) is 0 Å². The Morgan fingerprint density at radius 3 is 2.30 bits per heavy atom. The molecule has 3 rings (SSSR count). The zero-order valence-corrected chi connectivity index (χ0v) is 15.1. The van der Waals surface area contributed by atoms with Crippen LogP contribution in [0, 0.1) is 5.41 Å². The summed E-state index contributed by atoms with van der Waals surface area (Å²) in [5.74, 6) is -1.29. The summed E-state index contributed by atoms with van der Waals surface area (Å²) in [6, 6.07) is 15.5. The van der Waals surface area contributed by atoms with Crippen molar-refractivity contribution in [2.45, 2.75) is 19.8 Å². The Kier molecular flexibility index (Phi) is 5.26. The molecule has 2 aromatic rings. The number of rotatable bonds is 4. The number of carboxylic acid groups (broad SMARTS) is 1. The first-order chi connectivity index (χ1) is 12.9. The first-order valence-electron chi connectivity index (χ1n) is 8.88. The Balaban J connectivity index is 1.67. The van der Waals surface area contributed by atoms with E-state index in [1.165, 1.54) is 0 Å². The maximum atomic E-state index is 12.7. The van der Waals surface area contributed by atoms with Gasteiger partial charge in [-0.3, -0.25) is 14.4 Å². The average Bonchev–Trinajstić information content (AvgIpc) is 2.68. The smallest absolute Gasteiger partial charge is 0.311 e. The fourth-order valence-corrected chi connectivity index (χ4v) is 3.26. The summed E-state index contributed by atoms with van der Waals surface area (Å²) in [6.45, 7) is 2.43. The number of carboxylic acids is 1. The molecule has 2 amide bonds.